The lowest BCUT2D eigenvalue weighted by Crippen LogP contribution is -1.87. The van der Waals surface area contributed by atoms with Crippen LogP contribution in [-0.4, -0.2) is 6.61 Å². The molecule has 1 aromatic carbocycles. The molecular weight excluding hydrogens is 214 g/mol. The molecule has 0 spiro atoms. The first-order valence-corrected chi connectivity index (χ1v) is 5.61. The van der Waals surface area contributed by atoms with Crippen LogP contribution < -0.4 is 0 Å². The Hall–Kier alpha value is -0.260. The van der Waals surface area contributed by atoms with Crippen molar-refractivity contribution in [2.75, 3.05) is 0 Å². The molecule has 0 fully saturated rings. The summed E-state index contributed by atoms with van der Waals surface area (Å²) in [4.78, 5) is 0.938. The molecule has 0 aliphatic carbocycles. The first kappa shape index (κ1) is 10.8. The zero-order chi connectivity index (χ0) is 9.68. The van der Waals surface area contributed by atoms with E-state index in [1.807, 2.05) is 31.2 Å². The molecule has 0 saturated carbocycles. The fraction of sp³-hybridized carbons (Fsp3) is 0.250. The van der Waals surface area contributed by atoms with Crippen LogP contribution in [0.5, 0.6) is 0 Å². The molecule has 0 saturated heterocycles. The van der Waals surface area contributed by atoms with Gasteiger partial charge in [-0.15, -0.1) is 0 Å². The normalized spacial score (nSPS) is 10.8. The van der Waals surface area contributed by atoms with Crippen LogP contribution in [0, 0.1) is 6.92 Å². The summed E-state index contributed by atoms with van der Waals surface area (Å²) >= 11 is 0.695. The molecule has 1 rings (SSSR count). The van der Waals surface area contributed by atoms with Crippen LogP contribution in [0.25, 0.3) is 0 Å². The summed E-state index contributed by atoms with van der Waals surface area (Å²) in [7, 11) is 1.19. The molecule has 5 heteroatoms. The number of aryl methyl sites for hydroxylation is 1. The van der Waals surface area contributed by atoms with E-state index in [-0.39, 0.29) is 0 Å². The lowest BCUT2D eigenvalue weighted by Gasteiger charge is -2.02. The van der Waals surface area contributed by atoms with Crippen molar-refractivity contribution >= 4 is 21.9 Å². The molecule has 1 nitrogen and oxygen atoms in total. The Morgan fingerprint density at radius 1 is 1.31 bits per heavy atom. The average molecular weight is 222 g/mol. The lowest BCUT2D eigenvalue weighted by molar-refractivity contribution is -0.0329. The average Bonchev–Trinajstić information content (AvgIpc) is 2.08. The third-order valence-corrected chi connectivity index (χ3v) is 3.24. The molecule has 0 heterocycles. The minimum Gasteiger partial charge on any atom is -0.240 e. The number of alkyl halides is 2. The summed E-state index contributed by atoms with van der Waals surface area (Å²) in [5.41, 5.74) is 1.05. The summed E-state index contributed by atoms with van der Waals surface area (Å²) in [5, 5.41) is 0. The zero-order valence-electron chi connectivity index (χ0n) is 6.87. The fourth-order valence-electron chi connectivity index (χ4n) is 0.736. The Balaban J connectivity index is 2.41. The Morgan fingerprint density at radius 2 is 2.00 bits per heavy atom. The van der Waals surface area contributed by atoms with Gasteiger partial charge in [0.05, 0.1) is 11.1 Å². The molecule has 1 aromatic rings. The van der Waals surface area contributed by atoms with Crippen molar-refractivity contribution in [1.82, 2.24) is 0 Å². The summed E-state index contributed by atoms with van der Waals surface area (Å²) in [5.74, 6) is 0. The topological polar surface area (TPSA) is 9.23 Å². The number of rotatable bonds is 4. The van der Waals surface area contributed by atoms with Gasteiger partial charge in [0.2, 0.25) is 0 Å². The van der Waals surface area contributed by atoms with Crippen LogP contribution in [0.2, 0.25) is 0 Å². The Bertz CT molecular complexity index is 268. The van der Waals surface area contributed by atoms with Crippen molar-refractivity contribution in [3.8, 4) is 0 Å². The van der Waals surface area contributed by atoms with Gasteiger partial charge in [0.25, 0.3) is 0 Å². The first-order chi connectivity index (χ1) is 6.20. The van der Waals surface area contributed by atoms with E-state index in [4.69, 9.17) is 0 Å². The molecule has 0 bridgehead atoms. The predicted molar refractivity (Wildman–Crippen MR) is 51.7 cm³/mol. The number of hydrogen-bond donors (Lipinski definition) is 0. The molecule has 13 heavy (non-hydrogen) atoms. The molecule has 72 valence electrons. The zero-order valence-corrected chi connectivity index (χ0v) is 8.50. The molecule has 0 radical (unpaired) electrons. The highest BCUT2D eigenvalue weighted by atomic mass is 33.1. The standard InChI is InChI=1S/C8H8F2OS2/c1-6-4-2-3-5-7(6)12-13-11-8(9)10/h2-5,8H,1H3. The van der Waals surface area contributed by atoms with Crippen molar-refractivity contribution < 1.29 is 13.0 Å². The van der Waals surface area contributed by atoms with Crippen molar-refractivity contribution in [3.63, 3.8) is 0 Å². The van der Waals surface area contributed by atoms with Gasteiger partial charge in [-0.2, -0.15) is 8.78 Å². The molecule has 0 N–H and O–H groups in total. The summed E-state index contributed by atoms with van der Waals surface area (Å²) in [6.45, 7) is -0.799. The van der Waals surface area contributed by atoms with E-state index in [1.165, 1.54) is 10.8 Å². The molecule has 0 aromatic heterocycles. The second-order valence-corrected chi connectivity index (χ2v) is 4.12. The van der Waals surface area contributed by atoms with Crippen LogP contribution in [0.15, 0.2) is 29.2 Å². The highest BCUT2D eigenvalue weighted by Crippen LogP contribution is 2.34. The van der Waals surface area contributed by atoms with Gasteiger partial charge in [0.1, 0.15) is 0 Å². The summed E-state index contributed by atoms with van der Waals surface area (Å²) in [6.07, 6.45) is 0. The van der Waals surface area contributed by atoms with Crippen LogP contribution >= 0.6 is 21.9 Å². The van der Waals surface area contributed by atoms with Crippen molar-refractivity contribution in [2.24, 2.45) is 0 Å². The minimum absolute atomic E-state index is 0.695. The van der Waals surface area contributed by atoms with Crippen LogP contribution in [0.1, 0.15) is 5.56 Å². The Morgan fingerprint density at radius 3 is 2.62 bits per heavy atom. The first-order valence-electron chi connectivity index (χ1n) is 3.54. The second-order valence-electron chi connectivity index (χ2n) is 2.27. The van der Waals surface area contributed by atoms with E-state index in [2.05, 4.69) is 4.18 Å². The van der Waals surface area contributed by atoms with Crippen molar-refractivity contribution in [3.05, 3.63) is 29.8 Å². The Labute approximate surface area is 83.5 Å². The van der Waals surface area contributed by atoms with Gasteiger partial charge in [-0.1, -0.05) is 18.2 Å². The Kier molecular flexibility index (Phi) is 4.55. The third kappa shape index (κ3) is 3.97. The van der Waals surface area contributed by atoms with Gasteiger partial charge in [-0.05, 0) is 29.3 Å². The van der Waals surface area contributed by atoms with Crippen LogP contribution in [-0.2, 0) is 4.18 Å². The van der Waals surface area contributed by atoms with Gasteiger partial charge >= 0.3 is 6.61 Å². The predicted octanol–water partition coefficient (Wildman–Crippen LogP) is 3.89. The maximum atomic E-state index is 11.6. The van der Waals surface area contributed by atoms with E-state index in [9.17, 15) is 8.78 Å². The third-order valence-electron chi connectivity index (χ3n) is 1.33. The molecule has 0 amide bonds. The van der Waals surface area contributed by atoms with Crippen LogP contribution in [0.4, 0.5) is 8.78 Å². The van der Waals surface area contributed by atoms with Crippen molar-refractivity contribution in [2.45, 2.75) is 18.4 Å². The molecular formula is C8H8F2OS2. The van der Waals surface area contributed by atoms with Gasteiger partial charge in [-0.25, -0.2) is 4.18 Å². The van der Waals surface area contributed by atoms with Gasteiger partial charge < -0.3 is 0 Å². The minimum atomic E-state index is -2.72. The maximum Gasteiger partial charge on any atom is 0.356 e. The quantitative estimate of drug-likeness (QED) is 0.565. The van der Waals surface area contributed by atoms with Gasteiger partial charge in [-0.3, -0.25) is 0 Å². The molecule has 0 aliphatic heterocycles. The SMILES string of the molecule is Cc1ccccc1SSOC(F)F. The highest BCUT2D eigenvalue weighted by Gasteiger charge is 2.04. The van der Waals surface area contributed by atoms with E-state index >= 15 is 0 Å². The number of hydrogen-bond acceptors (Lipinski definition) is 3. The van der Waals surface area contributed by atoms with Gasteiger partial charge in [0, 0.05) is 4.90 Å². The number of benzene rings is 1. The lowest BCUT2D eigenvalue weighted by atomic mass is 10.2. The molecule has 0 atom stereocenters. The largest absolute Gasteiger partial charge is 0.356 e. The van der Waals surface area contributed by atoms with E-state index < -0.39 is 6.61 Å². The molecule has 0 aliphatic rings. The van der Waals surface area contributed by atoms with E-state index in [1.54, 1.807) is 0 Å². The van der Waals surface area contributed by atoms with Crippen molar-refractivity contribution in [1.29, 1.82) is 0 Å². The second kappa shape index (κ2) is 5.47. The maximum absolute atomic E-state index is 11.6. The number of halogens is 2. The molecule has 0 unspecified atom stereocenters. The fourth-order valence-corrected chi connectivity index (χ4v) is 2.32. The highest BCUT2D eigenvalue weighted by molar-refractivity contribution is 8.74. The smallest absolute Gasteiger partial charge is 0.240 e. The summed E-state index contributed by atoms with van der Waals surface area (Å²) < 4.78 is 27.2. The van der Waals surface area contributed by atoms with E-state index in [0.717, 1.165) is 10.5 Å². The van der Waals surface area contributed by atoms with Crippen LogP contribution in [0.3, 0.4) is 0 Å². The monoisotopic (exact) mass is 222 g/mol. The summed E-state index contributed by atoms with van der Waals surface area (Å²) in [6, 6.07) is 7.55. The van der Waals surface area contributed by atoms with Gasteiger partial charge in [0.15, 0.2) is 0 Å². The van der Waals surface area contributed by atoms with E-state index in [0.29, 0.717) is 11.1 Å².